The SMILES string of the molecule is CCCOc1nc(C2CCCO2)nc(NC(C)(C)C)c1N. The van der Waals surface area contributed by atoms with E-state index in [2.05, 4.69) is 36.1 Å². The average molecular weight is 294 g/mol. The van der Waals surface area contributed by atoms with Crippen molar-refractivity contribution in [2.24, 2.45) is 0 Å². The summed E-state index contributed by atoms with van der Waals surface area (Å²) >= 11 is 0. The van der Waals surface area contributed by atoms with Crippen molar-refractivity contribution in [2.45, 2.75) is 58.6 Å². The number of rotatable bonds is 5. The first-order valence-corrected chi connectivity index (χ1v) is 7.60. The van der Waals surface area contributed by atoms with Crippen LogP contribution < -0.4 is 15.8 Å². The lowest BCUT2D eigenvalue weighted by molar-refractivity contribution is 0.104. The summed E-state index contributed by atoms with van der Waals surface area (Å²) in [5.41, 5.74) is 6.46. The van der Waals surface area contributed by atoms with Gasteiger partial charge in [0.1, 0.15) is 11.8 Å². The molecule has 0 aliphatic carbocycles. The highest BCUT2D eigenvalue weighted by atomic mass is 16.5. The smallest absolute Gasteiger partial charge is 0.242 e. The molecule has 1 aromatic heterocycles. The number of hydrogen-bond donors (Lipinski definition) is 2. The molecule has 1 unspecified atom stereocenters. The Balaban J connectivity index is 2.34. The van der Waals surface area contributed by atoms with Crippen LogP contribution in [-0.2, 0) is 4.74 Å². The summed E-state index contributed by atoms with van der Waals surface area (Å²) in [6.07, 6.45) is 2.81. The molecule has 1 fully saturated rings. The van der Waals surface area contributed by atoms with Crippen LogP contribution in [0.1, 0.15) is 58.9 Å². The minimum atomic E-state index is -0.141. The molecule has 6 nitrogen and oxygen atoms in total. The lowest BCUT2D eigenvalue weighted by Crippen LogP contribution is -2.28. The summed E-state index contributed by atoms with van der Waals surface area (Å²) in [6, 6.07) is 0. The van der Waals surface area contributed by atoms with Crippen molar-refractivity contribution in [1.29, 1.82) is 0 Å². The average Bonchev–Trinajstić information content (AvgIpc) is 2.92. The maximum absolute atomic E-state index is 6.15. The Morgan fingerprint density at radius 1 is 1.38 bits per heavy atom. The minimum absolute atomic E-state index is 0.0601. The lowest BCUT2D eigenvalue weighted by atomic mass is 10.1. The monoisotopic (exact) mass is 294 g/mol. The summed E-state index contributed by atoms with van der Waals surface area (Å²) in [5, 5.41) is 3.32. The minimum Gasteiger partial charge on any atom is -0.476 e. The molecule has 0 aromatic carbocycles. The van der Waals surface area contributed by atoms with E-state index in [9.17, 15) is 0 Å². The third-order valence-electron chi connectivity index (χ3n) is 3.08. The van der Waals surface area contributed by atoms with E-state index < -0.39 is 0 Å². The fraction of sp³-hybridized carbons (Fsp3) is 0.733. The Morgan fingerprint density at radius 2 is 2.14 bits per heavy atom. The van der Waals surface area contributed by atoms with E-state index in [0.29, 0.717) is 29.8 Å². The van der Waals surface area contributed by atoms with E-state index in [0.717, 1.165) is 25.9 Å². The van der Waals surface area contributed by atoms with Gasteiger partial charge in [-0.1, -0.05) is 6.92 Å². The van der Waals surface area contributed by atoms with Gasteiger partial charge in [-0.2, -0.15) is 4.98 Å². The van der Waals surface area contributed by atoms with Crippen LogP contribution in [-0.4, -0.2) is 28.7 Å². The molecule has 1 atom stereocenters. The number of nitrogens with two attached hydrogens (primary N) is 1. The quantitative estimate of drug-likeness (QED) is 0.869. The van der Waals surface area contributed by atoms with Crippen molar-refractivity contribution >= 4 is 11.5 Å². The lowest BCUT2D eigenvalue weighted by Gasteiger charge is -2.24. The molecule has 3 N–H and O–H groups in total. The molecule has 0 bridgehead atoms. The molecule has 1 saturated heterocycles. The molecule has 2 rings (SSSR count). The molecule has 118 valence electrons. The van der Waals surface area contributed by atoms with Crippen LogP contribution in [0.3, 0.4) is 0 Å². The molecule has 0 amide bonds. The molecule has 0 spiro atoms. The van der Waals surface area contributed by atoms with Crippen LogP contribution in [0.15, 0.2) is 0 Å². The van der Waals surface area contributed by atoms with Crippen molar-refractivity contribution in [3.05, 3.63) is 5.82 Å². The third-order valence-corrected chi connectivity index (χ3v) is 3.08. The fourth-order valence-corrected chi connectivity index (χ4v) is 2.15. The zero-order chi connectivity index (χ0) is 15.5. The van der Waals surface area contributed by atoms with Gasteiger partial charge in [0, 0.05) is 12.1 Å². The molecule has 0 saturated carbocycles. The van der Waals surface area contributed by atoms with Gasteiger partial charge in [-0.15, -0.1) is 0 Å². The molecular weight excluding hydrogens is 268 g/mol. The van der Waals surface area contributed by atoms with Crippen molar-refractivity contribution in [1.82, 2.24) is 9.97 Å². The van der Waals surface area contributed by atoms with Gasteiger partial charge in [-0.3, -0.25) is 0 Å². The first kappa shape index (κ1) is 15.8. The topological polar surface area (TPSA) is 82.3 Å². The maximum Gasteiger partial charge on any atom is 0.242 e. The Bertz CT molecular complexity index is 479. The zero-order valence-electron chi connectivity index (χ0n) is 13.4. The highest BCUT2D eigenvalue weighted by molar-refractivity contribution is 5.67. The van der Waals surface area contributed by atoms with Crippen molar-refractivity contribution < 1.29 is 9.47 Å². The number of nitrogens with zero attached hydrogens (tertiary/aromatic N) is 2. The first-order valence-electron chi connectivity index (χ1n) is 7.60. The fourth-order valence-electron chi connectivity index (χ4n) is 2.15. The molecular formula is C15H26N4O2. The number of anilines is 2. The number of nitrogen functional groups attached to an aromatic ring is 1. The van der Waals surface area contributed by atoms with Crippen LogP contribution in [0.4, 0.5) is 11.5 Å². The zero-order valence-corrected chi connectivity index (χ0v) is 13.4. The van der Waals surface area contributed by atoms with E-state index in [1.54, 1.807) is 0 Å². The Morgan fingerprint density at radius 3 is 2.71 bits per heavy atom. The van der Waals surface area contributed by atoms with Crippen molar-refractivity contribution in [3.8, 4) is 5.88 Å². The third kappa shape index (κ3) is 4.20. The molecule has 1 aliphatic rings. The highest BCUT2D eigenvalue weighted by Crippen LogP contribution is 2.33. The van der Waals surface area contributed by atoms with Gasteiger partial charge in [-0.05, 0) is 40.0 Å². The van der Waals surface area contributed by atoms with E-state index in [4.69, 9.17) is 15.2 Å². The molecule has 0 radical (unpaired) electrons. The molecule has 6 heteroatoms. The number of hydrogen-bond acceptors (Lipinski definition) is 6. The van der Waals surface area contributed by atoms with E-state index in [-0.39, 0.29) is 11.6 Å². The van der Waals surface area contributed by atoms with Gasteiger partial charge in [0.15, 0.2) is 11.6 Å². The predicted molar refractivity (Wildman–Crippen MR) is 83.5 cm³/mol. The van der Waals surface area contributed by atoms with E-state index in [1.807, 2.05) is 6.92 Å². The standard InChI is InChI=1S/C15H26N4O2/c1-5-8-21-14-11(16)13(19-15(2,3)4)17-12(18-14)10-7-6-9-20-10/h10H,5-9,16H2,1-4H3,(H,17,18,19). The number of ether oxygens (including phenoxy) is 2. The predicted octanol–water partition coefficient (Wildman–Crippen LogP) is 2.91. The number of nitrogens with one attached hydrogen (secondary N) is 1. The second kappa shape index (κ2) is 6.47. The summed E-state index contributed by atoms with van der Waals surface area (Å²) in [7, 11) is 0. The van der Waals surface area contributed by atoms with Crippen LogP contribution >= 0.6 is 0 Å². The maximum atomic E-state index is 6.15. The first-order chi connectivity index (χ1) is 9.90. The summed E-state index contributed by atoms with van der Waals surface area (Å²) in [6.45, 7) is 9.58. The summed E-state index contributed by atoms with van der Waals surface area (Å²) in [4.78, 5) is 9.02. The van der Waals surface area contributed by atoms with Gasteiger partial charge in [0.2, 0.25) is 5.88 Å². The van der Waals surface area contributed by atoms with Gasteiger partial charge in [-0.25, -0.2) is 4.98 Å². The second-order valence-corrected chi connectivity index (χ2v) is 6.37. The summed E-state index contributed by atoms with van der Waals surface area (Å²) in [5.74, 6) is 1.72. The Kier molecular flexibility index (Phi) is 4.88. The largest absolute Gasteiger partial charge is 0.476 e. The summed E-state index contributed by atoms with van der Waals surface area (Å²) < 4.78 is 11.3. The Hall–Kier alpha value is -1.56. The van der Waals surface area contributed by atoms with E-state index in [1.165, 1.54) is 0 Å². The normalized spacial score (nSPS) is 18.8. The second-order valence-electron chi connectivity index (χ2n) is 6.37. The molecule has 21 heavy (non-hydrogen) atoms. The highest BCUT2D eigenvalue weighted by Gasteiger charge is 2.25. The van der Waals surface area contributed by atoms with Crippen LogP contribution in [0, 0.1) is 0 Å². The number of aromatic nitrogens is 2. The van der Waals surface area contributed by atoms with Crippen molar-refractivity contribution in [3.63, 3.8) is 0 Å². The van der Waals surface area contributed by atoms with Gasteiger partial charge in [0.05, 0.1) is 6.61 Å². The Labute approximate surface area is 126 Å². The molecule has 1 aliphatic heterocycles. The van der Waals surface area contributed by atoms with Crippen molar-refractivity contribution in [2.75, 3.05) is 24.3 Å². The van der Waals surface area contributed by atoms with Crippen LogP contribution in [0.2, 0.25) is 0 Å². The van der Waals surface area contributed by atoms with Gasteiger partial charge < -0.3 is 20.5 Å². The molecule has 2 heterocycles. The van der Waals surface area contributed by atoms with E-state index >= 15 is 0 Å². The van der Waals surface area contributed by atoms with Crippen LogP contribution in [0.25, 0.3) is 0 Å². The molecule has 1 aromatic rings. The van der Waals surface area contributed by atoms with Gasteiger partial charge >= 0.3 is 0 Å². The van der Waals surface area contributed by atoms with Crippen LogP contribution in [0.5, 0.6) is 5.88 Å². The van der Waals surface area contributed by atoms with Gasteiger partial charge in [0.25, 0.3) is 0 Å².